The van der Waals surface area contributed by atoms with Crippen molar-refractivity contribution in [3.05, 3.63) is 77.4 Å². The number of fused-ring (bicyclic) bond motifs is 1. The van der Waals surface area contributed by atoms with Crippen LogP contribution in [0.3, 0.4) is 0 Å². The zero-order valence-corrected chi connectivity index (χ0v) is 14.8. The molecule has 134 valence electrons. The number of H-pyrrole nitrogens is 1. The van der Waals surface area contributed by atoms with Crippen molar-refractivity contribution in [3.63, 3.8) is 0 Å². The molecule has 0 saturated carbocycles. The van der Waals surface area contributed by atoms with Crippen LogP contribution in [0.4, 0.5) is 8.78 Å². The molecule has 0 fully saturated rings. The topological polar surface area (TPSA) is 45.8 Å². The second-order valence-electron chi connectivity index (χ2n) is 6.52. The average molecular weight is 362 g/mol. The molecule has 0 radical (unpaired) electrons. The van der Waals surface area contributed by atoms with Crippen LogP contribution in [-0.2, 0) is 0 Å². The maximum atomic E-state index is 14.0. The minimum atomic E-state index is -0.604. The molecule has 3 nitrogen and oxygen atoms in total. The summed E-state index contributed by atoms with van der Waals surface area (Å²) in [7, 11) is 0. The first kappa shape index (κ1) is 17.1. The van der Waals surface area contributed by atoms with E-state index in [1.807, 2.05) is 19.1 Å². The summed E-state index contributed by atoms with van der Waals surface area (Å²) in [5, 5.41) is 0. The number of carbonyl (C=O) groups is 1. The summed E-state index contributed by atoms with van der Waals surface area (Å²) in [6, 6.07) is 14.4. The van der Waals surface area contributed by atoms with Gasteiger partial charge in [0.05, 0.1) is 16.6 Å². The zero-order chi connectivity index (χ0) is 19.1. The molecular weight excluding hydrogens is 346 g/mol. The molecule has 0 atom stereocenters. The Hall–Kier alpha value is -3.34. The van der Waals surface area contributed by atoms with Gasteiger partial charge >= 0.3 is 0 Å². The number of Topliss-reactive ketones (excluding diaryl/α,β-unsaturated/α-hetero) is 1. The van der Waals surface area contributed by atoms with E-state index in [0.29, 0.717) is 22.5 Å². The highest BCUT2D eigenvalue weighted by atomic mass is 19.1. The van der Waals surface area contributed by atoms with Gasteiger partial charge in [0, 0.05) is 11.1 Å². The van der Waals surface area contributed by atoms with E-state index in [2.05, 4.69) is 9.97 Å². The van der Waals surface area contributed by atoms with Crippen molar-refractivity contribution >= 4 is 16.8 Å². The number of benzene rings is 3. The van der Waals surface area contributed by atoms with Crippen molar-refractivity contribution in [2.45, 2.75) is 13.8 Å². The van der Waals surface area contributed by atoms with Crippen molar-refractivity contribution in [2.24, 2.45) is 0 Å². The van der Waals surface area contributed by atoms with Gasteiger partial charge in [-0.2, -0.15) is 0 Å². The number of imidazole rings is 1. The van der Waals surface area contributed by atoms with Gasteiger partial charge in [0.15, 0.2) is 5.78 Å². The molecule has 27 heavy (non-hydrogen) atoms. The first-order valence-corrected chi connectivity index (χ1v) is 8.50. The van der Waals surface area contributed by atoms with Gasteiger partial charge in [-0.15, -0.1) is 0 Å². The van der Waals surface area contributed by atoms with E-state index < -0.39 is 11.6 Å². The number of carbonyl (C=O) groups excluding carboxylic acids is 1. The van der Waals surface area contributed by atoms with E-state index in [0.717, 1.165) is 16.6 Å². The molecular formula is C22H16F2N2O. The third-order valence-corrected chi connectivity index (χ3v) is 4.52. The Kier molecular flexibility index (Phi) is 4.07. The van der Waals surface area contributed by atoms with Gasteiger partial charge in [0.1, 0.15) is 17.5 Å². The first-order chi connectivity index (χ1) is 12.9. The predicted molar refractivity (Wildman–Crippen MR) is 102 cm³/mol. The molecule has 4 rings (SSSR count). The molecule has 0 unspecified atom stereocenters. The van der Waals surface area contributed by atoms with Crippen LogP contribution in [0.5, 0.6) is 0 Å². The van der Waals surface area contributed by atoms with E-state index in [4.69, 9.17) is 0 Å². The highest BCUT2D eigenvalue weighted by Crippen LogP contribution is 2.29. The molecule has 1 aromatic heterocycles. The van der Waals surface area contributed by atoms with Crippen LogP contribution >= 0.6 is 0 Å². The smallest absolute Gasteiger partial charge is 0.162 e. The second-order valence-corrected chi connectivity index (χ2v) is 6.52. The lowest BCUT2D eigenvalue weighted by Gasteiger charge is -2.06. The maximum Gasteiger partial charge on any atom is 0.162 e. The standard InChI is InChI=1S/C22H16F2N2O/c1-12-10-16(13(2)27)21-19(11-12)25-22(26-21)15-8-6-14(7-9-15)20-17(23)4-3-5-18(20)24/h3-11H,1-2H3,(H,25,26). The number of nitrogens with zero attached hydrogens (tertiary/aromatic N) is 1. The SMILES string of the molecule is CC(=O)c1cc(C)cc2[nH]c(-c3ccc(-c4c(F)cccc4F)cc3)nc12. The minimum Gasteiger partial charge on any atom is -0.338 e. The summed E-state index contributed by atoms with van der Waals surface area (Å²) in [5.74, 6) is -0.660. The molecule has 0 aliphatic heterocycles. The fourth-order valence-electron chi connectivity index (χ4n) is 3.24. The van der Waals surface area contributed by atoms with Gasteiger partial charge in [0.2, 0.25) is 0 Å². The maximum absolute atomic E-state index is 14.0. The quantitative estimate of drug-likeness (QED) is 0.476. The summed E-state index contributed by atoms with van der Waals surface area (Å²) in [5.41, 5.74) is 4.09. The number of hydrogen-bond acceptors (Lipinski definition) is 2. The normalized spacial score (nSPS) is 11.1. The van der Waals surface area contributed by atoms with E-state index >= 15 is 0 Å². The molecule has 5 heteroatoms. The third-order valence-electron chi connectivity index (χ3n) is 4.52. The Morgan fingerprint density at radius 1 is 0.963 bits per heavy atom. The van der Waals surface area contributed by atoms with Crippen LogP contribution in [0.1, 0.15) is 22.8 Å². The number of nitrogens with one attached hydrogen (secondary N) is 1. The lowest BCUT2D eigenvalue weighted by molar-refractivity contribution is 0.101. The van der Waals surface area contributed by atoms with E-state index in [1.54, 1.807) is 24.3 Å². The predicted octanol–water partition coefficient (Wildman–Crippen LogP) is 5.69. The molecule has 0 amide bonds. The lowest BCUT2D eigenvalue weighted by atomic mass is 10.0. The third kappa shape index (κ3) is 3.01. The number of aryl methyl sites for hydroxylation is 1. The van der Waals surface area contributed by atoms with Crippen molar-refractivity contribution in [3.8, 4) is 22.5 Å². The molecule has 0 aliphatic carbocycles. The van der Waals surface area contributed by atoms with Gasteiger partial charge in [-0.3, -0.25) is 4.79 Å². The Bertz CT molecular complexity index is 1160. The van der Waals surface area contributed by atoms with E-state index in [-0.39, 0.29) is 11.3 Å². The van der Waals surface area contributed by atoms with Crippen molar-refractivity contribution in [1.29, 1.82) is 0 Å². The van der Waals surface area contributed by atoms with Crippen LogP contribution in [0.2, 0.25) is 0 Å². The Balaban J connectivity index is 1.79. The van der Waals surface area contributed by atoms with Crippen LogP contribution in [0.15, 0.2) is 54.6 Å². The average Bonchev–Trinajstić information content (AvgIpc) is 3.05. The number of rotatable bonds is 3. The largest absolute Gasteiger partial charge is 0.338 e. The summed E-state index contributed by atoms with van der Waals surface area (Å²) in [4.78, 5) is 19.7. The van der Waals surface area contributed by atoms with Gasteiger partial charge in [-0.05, 0) is 49.2 Å². The Morgan fingerprint density at radius 3 is 2.22 bits per heavy atom. The van der Waals surface area contributed by atoms with E-state index in [1.165, 1.54) is 25.1 Å². The highest BCUT2D eigenvalue weighted by Gasteiger charge is 2.14. The molecule has 0 bridgehead atoms. The number of ketones is 1. The molecule has 3 aromatic carbocycles. The van der Waals surface area contributed by atoms with E-state index in [9.17, 15) is 13.6 Å². The fourth-order valence-corrected chi connectivity index (χ4v) is 3.24. The molecule has 0 saturated heterocycles. The Morgan fingerprint density at radius 2 is 1.59 bits per heavy atom. The number of aromatic nitrogens is 2. The molecule has 0 aliphatic rings. The zero-order valence-electron chi connectivity index (χ0n) is 14.8. The molecule has 0 spiro atoms. The monoisotopic (exact) mass is 362 g/mol. The van der Waals surface area contributed by atoms with Crippen LogP contribution in [0, 0.1) is 18.6 Å². The van der Waals surface area contributed by atoms with Crippen LogP contribution in [-0.4, -0.2) is 15.8 Å². The lowest BCUT2D eigenvalue weighted by Crippen LogP contribution is -1.94. The van der Waals surface area contributed by atoms with Gasteiger partial charge < -0.3 is 4.98 Å². The second kappa shape index (κ2) is 6.43. The minimum absolute atomic E-state index is 0.0490. The van der Waals surface area contributed by atoms with Crippen LogP contribution < -0.4 is 0 Å². The van der Waals surface area contributed by atoms with Gasteiger partial charge in [-0.1, -0.05) is 30.3 Å². The highest BCUT2D eigenvalue weighted by molar-refractivity contribution is 6.05. The molecule has 1 heterocycles. The summed E-state index contributed by atoms with van der Waals surface area (Å²) >= 11 is 0. The number of halogens is 2. The van der Waals surface area contributed by atoms with Crippen LogP contribution in [0.25, 0.3) is 33.5 Å². The number of aromatic amines is 1. The summed E-state index contributed by atoms with van der Waals surface area (Å²) in [6.45, 7) is 3.43. The summed E-state index contributed by atoms with van der Waals surface area (Å²) < 4.78 is 27.9. The van der Waals surface area contributed by atoms with Gasteiger partial charge in [-0.25, -0.2) is 13.8 Å². The molecule has 4 aromatic rings. The molecule has 1 N–H and O–H groups in total. The van der Waals surface area contributed by atoms with Crippen molar-refractivity contribution < 1.29 is 13.6 Å². The fraction of sp³-hybridized carbons (Fsp3) is 0.0909. The first-order valence-electron chi connectivity index (χ1n) is 8.50. The van der Waals surface area contributed by atoms with Gasteiger partial charge in [0.25, 0.3) is 0 Å². The Labute approximate surface area is 154 Å². The summed E-state index contributed by atoms with van der Waals surface area (Å²) in [6.07, 6.45) is 0. The van der Waals surface area contributed by atoms with Crippen molar-refractivity contribution in [1.82, 2.24) is 9.97 Å². The van der Waals surface area contributed by atoms with Crippen molar-refractivity contribution in [2.75, 3.05) is 0 Å². The number of hydrogen-bond donors (Lipinski definition) is 1.